The first-order valence-electron chi connectivity index (χ1n) is 10.3. The van der Waals surface area contributed by atoms with E-state index in [1.54, 1.807) is 0 Å². The summed E-state index contributed by atoms with van der Waals surface area (Å²) in [6.45, 7) is 8.14. The van der Waals surface area contributed by atoms with E-state index in [0.717, 1.165) is 27.9 Å². The maximum absolute atomic E-state index is 13.2. The Labute approximate surface area is 185 Å². The number of nitrogens with one attached hydrogen (secondary N) is 1. The van der Waals surface area contributed by atoms with Crippen LogP contribution in [0.15, 0.2) is 59.0 Å². The lowest BCUT2D eigenvalue weighted by Crippen LogP contribution is -2.28. The Hall–Kier alpha value is -3.25. The number of aryl methyl sites for hydroxylation is 2. The van der Waals surface area contributed by atoms with Gasteiger partial charge in [-0.1, -0.05) is 50.2 Å². The van der Waals surface area contributed by atoms with Crippen molar-refractivity contribution in [1.29, 1.82) is 0 Å². The lowest BCUT2D eigenvalue weighted by molar-refractivity contribution is -0.116. The van der Waals surface area contributed by atoms with Crippen LogP contribution in [0.25, 0.3) is 21.3 Å². The number of hydrogen-bond acceptors (Lipinski definition) is 4. The summed E-state index contributed by atoms with van der Waals surface area (Å²) in [5.74, 6) is 0.192. The largest absolute Gasteiger partial charge is 0.324 e. The molecule has 0 saturated heterocycles. The van der Waals surface area contributed by atoms with Crippen molar-refractivity contribution < 1.29 is 4.79 Å². The van der Waals surface area contributed by atoms with Gasteiger partial charge in [-0.15, -0.1) is 11.3 Å². The van der Waals surface area contributed by atoms with Crippen LogP contribution in [0.5, 0.6) is 0 Å². The van der Waals surface area contributed by atoms with Crippen LogP contribution in [0.3, 0.4) is 0 Å². The number of nitrogens with zero attached hydrogens (tertiary/aromatic N) is 2. The molecule has 0 saturated carbocycles. The van der Waals surface area contributed by atoms with Crippen molar-refractivity contribution in [1.82, 2.24) is 9.55 Å². The number of aromatic nitrogens is 2. The molecule has 2 aromatic carbocycles. The molecule has 2 aromatic heterocycles. The molecule has 0 fully saturated rings. The number of carbonyl (C=O) groups excluding carboxylic acids is 1. The molecule has 31 heavy (non-hydrogen) atoms. The molecule has 0 unspecified atom stereocenters. The van der Waals surface area contributed by atoms with E-state index in [0.29, 0.717) is 16.1 Å². The zero-order valence-electron chi connectivity index (χ0n) is 18.1. The van der Waals surface area contributed by atoms with Crippen LogP contribution in [0.1, 0.15) is 36.5 Å². The molecule has 5 nitrogen and oxygen atoms in total. The molecule has 6 heteroatoms. The molecule has 4 rings (SSSR count). The molecule has 0 aliphatic heterocycles. The van der Waals surface area contributed by atoms with E-state index < -0.39 is 0 Å². The number of thiophene rings is 1. The molecular weight excluding hydrogens is 406 g/mol. The third-order valence-corrected chi connectivity index (χ3v) is 6.32. The van der Waals surface area contributed by atoms with E-state index in [9.17, 15) is 9.59 Å². The number of fused-ring (bicyclic) bond motifs is 1. The average molecular weight is 432 g/mol. The summed E-state index contributed by atoms with van der Waals surface area (Å²) < 4.78 is 1.38. The topological polar surface area (TPSA) is 64.0 Å². The summed E-state index contributed by atoms with van der Waals surface area (Å²) in [5, 5.41) is 5.43. The van der Waals surface area contributed by atoms with Crippen LogP contribution in [0.2, 0.25) is 0 Å². The molecule has 0 bridgehead atoms. The maximum Gasteiger partial charge on any atom is 0.263 e. The van der Waals surface area contributed by atoms with Crippen molar-refractivity contribution >= 4 is 33.1 Å². The first-order chi connectivity index (χ1) is 14.8. The third-order valence-electron chi connectivity index (χ3n) is 5.43. The Morgan fingerprint density at radius 1 is 1.13 bits per heavy atom. The van der Waals surface area contributed by atoms with Gasteiger partial charge in [0.05, 0.1) is 11.7 Å². The highest BCUT2D eigenvalue weighted by molar-refractivity contribution is 7.17. The lowest BCUT2D eigenvalue weighted by atomic mass is 9.99. The summed E-state index contributed by atoms with van der Waals surface area (Å²) in [7, 11) is 0. The Balaban J connectivity index is 1.65. The summed E-state index contributed by atoms with van der Waals surface area (Å²) in [6, 6.07) is 14.2. The standard InChI is InChI=1S/C25H25N3O2S/c1-15(2)18-7-9-19(10-8-18)20-13-31-24-23(20)25(30)28(14-26-24)12-22(29)27-21-11-16(3)5-6-17(21)4/h5-11,13-15H,12H2,1-4H3,(H,27,29). The van der Waals surface area contributed by atoms with Gasteiger partial charge in [0.1, 0.15) is 11.4 Å². The van der Waals surface area contributed by atoms with Crippen molar-refractivity contribution in [2.75, 3.05) is 5.32 Å². The highest BCUT2D eigenvalue weighted by Gasteiger charge is 2.15. The molecule has 0 atom stereocenters. The molecule has 0 aliphatic carbocycles. The number of rotatable bonds is 5. The maximum atomic E-state index is 13.2. The minimum Gasteiger partial charge on any atom is -0.324 e. The molecule has 2 heterocycles. The molecule has 4 aromatic rings. The Morgan fingerprint density at radius 2 is 1.87 bits per heavy atom. The summed E-state index contributed by atoms with van der Waals surface area (Å²) in [6.07, 6.45) is 1.45. The predicted molar refractivity (Wildman–Crippen MR) is 128 cm³/mol. The van der Waals surface area contributed by atoms with Crippen LogP contribution in [-0.2, 0) is 11.3 Å². The fourth-order valence-electron chi connectivity index (χ4n) is 3.56. The normalized spacial score (nSPS) is 11.3. The number of benzene rings is 2. The van der Waals surface area contributed by atoms with Crippen molar-refractivity contribution in [3.63, 3.8) is 0 Å². The van der Waals surface area contributed by atoms with Gasteiger partial charge >= 0.3 is 0 Å². The van der Waals surface area contributed by atoms with E-state index in [4.69, 9.17) is 0 Å². The quantitative estimate of drug-likeness (QED) is 0.453. The Morgan fingerprint density at radius 3 is 2.58 bits per heavy atom. The van der Waals surface area contributed by atoms with Crippen LogP contribution in [0, 0.1) is 13.8 Å². The zero-order valence-corrected chi connectivity index (χ0v) is 18.9. The highest BCUT2D eigenvalue weighted by Crippen LogP contribution is 2.31. The molecule has 0 spiro atoms. The van der Waals surface area contributed by atoms with Gasteiger partial charge in [-0.3, -0.25) is 14.2 Å². The molecular formula is C25H25N3O2S. The smallest absolute Gasteiger partial charge is 0.263 e. The van der Waals surface area contributed by atoms with Gasteiger partial charge in [-0.05, 0) is 48.1 Å². The number of carbonyl (C=O) groups is 1. The molecule has 1 N–H and O–H groups in total. The van der Waals surface area contributed by atoms with Gasteiger partial charge in [0, 0.05) is 16.6 Å². The van der Waals surface area contributed by atoms with Gasteiger partial charge < -0.3 is 5.32 Å². The fraction of sp³-hybridized carbons (Fsp3) is 0.240. The average Bonchev–Trinajstić information content (AvgIpc) is 3.18. The SMILES string of the molecule is Cc1ccc(C)c(NC(=O)Cn2cnc3scc(-c4ccc(C(C)C)cc4)c3c2=O)c1. The minimum absolute atomic E-state index is 0.0866. The first kappa shape index (κ1) is 21.0. The second-order valence-corrected chi connectivity index (χ2v) is 9.01. The van der Waals surface area contributed by atoms with Crippen LogP contribution in [0.4, 0.5) is 5.69 Å². The predicted octanol–water partition coefficient (Wildman–Crippen LogP) is 5.50. The van der Waals surface area contributed by atoms with Gasteiger partial charge in [-0.2, -0.15) is 0 Å². The first-order valence-corrected chi connectivity index (χ1v) is 11.2. The van der Waals surface area contributed by atoms with Crippen LogP contribution >= 0.6 is 11.3 Å². The van der Waals surface area contributed by atoms with E-state index in [-0.39, 0.29) is 18.0 Å². The molecule has 0 radical (unpaired) electrons. The monoisotopic (exact) mass is 431 g/mol. The summed E-state index contributed by atoms with van der Waals surface area (Å²) >= 11 is 1.44. The molecule has 1 amide bonds. The number of amides is 1. The van der Waals surface area contributed by atoms with E-state index in [2.05, 4.69) is 36.3 Å². The second kappa shape index (κ2) is 8.47. The fourth-order valence-corrected chi connectivity index (χ4v) is 4.46. The summed E-state index contributed by atoms with van der Waals surface area (Å²) in [5.41, 5.74) is 5.68. The highest BCUT2D eigenvalue weighted by atomic mass is 32.1. The Bertz CT molecular complexity index is 1320. The van der Waals surface area contributed by atoms with Gasteiger partial charge in [-0.25, -0.2) is 4.98 Å². The van der Waals surface area contributed by atoms with Crippen molar-refractivity contribution in [2.24, 2.45) is 0 Å². The van der Waals surface area contributed by atoms with Gasteiger partial charge in [0.15, 0.2) is 0 Å². The van der Waals surface area contributed by atoms with Crippen LogP contribution in [-0.4, -0.2) is 15.5 Å². The van der Waals surface area contributed by atoms with Crippen molar-refractivity contribution in [3.8, 4) is 11.1 Å². The molecule has 158 valence electrons. The Kier molecular flexibility index (Phi) is 5.74. The zero-order chi connectivity index (χ0) is 22.1. The van der Waals surface area contributed by atoms with Crippen molar-refractivity contribution in [3.05, 3.63) is 81.2 Å². The van der Waals surface area contributed by atoms with E-state index in [1.807, 2.05) is 49.6 Å². The molecule has 0 aliphatic rings. The summed E-state index contributed by atoms with van der Waals surface area (Å²) in [4.78, 5) is 31.0. The van der Waals surface area contributed by atoms with E-state index in [1.165, 1.54) is 27.8 Å². The van der Waals surface area contributed by atoms with E-state index >= 15 is 0 Å². The lowest BCUT2D eigenvalue weighted by Gasteiger charge is -2.11. The number of anilines is 1. The van der Waals surface area contributed by atoms with Gasteiger partial charge in [0.2, 0.25) is 5.91 Å². The second-order valence-electron chi connectivity index (χ2n) is 8.15. The minimum atomic E-state index is -0.255. The van der Waals surface area contributed by atoms with Crippen LogP contribution < -0.4 is 10.9 Å². The third kappa shape index (κ3) is 4.30. The van der Waals surface area contributed by atoms with Crippen molar-refractivity contribution in [2.45, 2.75) is 40.2 Å². The van der Waals surface area contributed by atoms with Gasteiger partial charge in [0.25, 0.3) is 5.56 Å². The number of hydrogen-bond donors (Lipinski definition) is 1.